The fraction of sp³-hybridized carbons (Fsp3) is 0.278. The molecule has 0 saturated carbocycles. The fourth-order valence-electron chi connectivity index (χ4n) is 1.80. The molecule has 2 heteroatoms. The zero-order chi connectivity index (χ0) is 14.8. The van der Waals surface area contributed by atoms with Gasteiger partial charge in [-0.3, -0.25) is 0 Å². The van der Waals surface area contributed by atoms with Crippen molar-refractivity contribution in [3.8, 4) is 0 Å². The average molecular weight is 270 g/mol. The van der Waals surface area contributed by atoms with Gasteiger partial charge in [0.2, 0.25) is 0 Å². The summed E-state index contributed by atoms with van der Waals surface area (Å²) in [5, 5.41) is 0. The number of hydrogen-bond acceptors (Lipinski definition) is 2. The van der Waals surface area contributed by atoms with Crippen LogP contribution in [0.15, 0.2) is 54.6 Å². The number of benzene rings is 2. The Bertz CT molecular complexity index is 501. The largest absolute Gasteiger partial charge is 0.462 e. The first-order chi connectivity index (χ1) is 9.79. The van der Waals surface area contributed by atoms with Gasteiger partial charge in [0.25, 0.3) is 0 Å². The average Bonchev–Trinajstić information content (AvgIpc) is 2.51. The van der Waals surface area contributed by atoms with Crippen LogP contribution in [-0.4, -0.2) is 12.6 Å². The molecule has 0 bridgehead atoms. The Morgan fingerprint density at radius 3 is 2.00 bits per heavy atom. The number of rotatable bonds is 4. The van der Waals surface area contributed by atoms with Crippen LogP contribution in [0, 0.1) is 0 Å². The predicted molar refractivity (Wildman–Crippen MR) is 83.0 cm³/mol. The maximum absolute atomic E-state index is 11.5. The van der Waals surface area contributed by atoms with Gasteiger partial charge in [-0.1, -0.05) is 56.3 Å². The second-order valence-electron chi connectivity index (χ2n) is 4.08. The summed E-state index contributed by atoms with van der Waals surface area (Å²) in [6.07, 6.45) is 0.879. The van der Waals surface area contributed by atoms with Crippen molar-refractivity contribution < 1.29 is 9.53 Å². The molecule has 2 aromatic rings. The van der Waals surface area contributed by atoms with Crippen molar-refractivity contribution >= 4 is 5.97 Å². The summed E-state index contributed by atoms with van der Waals surface area (Å²) < 4.78 is 4.95. The monoisotopic (exact) mass is 270 g/mol. The van der Waals surface area contributed by atoms with Crippen molar-refractivity contribution in [3.05, 3.63) is 71.3 Å². The maximum Gasteiger partial charge on any atom is 0.338 e. The minimum Gasteiger partial charge on any atom is -0.462 e. The molecule has 0 aromatic heterocycles. The topological polar surface area (TPSA) is 26.3 Å². The lowest BCUT2D eigenvalue weighted by Gasteiger charge is -2.04. The van der Waals surface area contributed by atoms with E-state index in [4.69, 9.17) is 4.74 Å². The summed E-state index contributed by atoms with van der Waals surface area (Å²) in [7, 11) is 0. The maximum atomic E-state index is 11.5. The molecule has 2 nitrogen and oxygen atoms in total. The van der Waals surface area contributed by atoms with Gasteiger partial charge < -0.3 is 4.74 Å². The van der Waals surface area contributed by atoms with E-state index in [1.807, 2.05) is 63.2 Å². The molecule has 0 saturated heterocycles. The summed E-state index contributed by atoms with van der Waals surface area (Å²) in [6, 6.07) is 17.8. The van der Waals surface area contributed by atoms with Gasteiger partial charge in [-0.05, 0) is 36.6 Å². The van der Waals surface area contributed by atoms with Crippen LogP contribution in [-0.2, 0) is 11.2 Å². The van der Waals surface area contributed by atoms with Crippen LogP contribution in [0.5, 0.6) is 0 Å². The van der Waals surface area contributed by atoms with Gasteiger partial charge in [0.15, 0.2) is 0 Å². The Morgan fingerprint density at radius 1 is 0.900 bits per heavy atom. The number of carbonyl (C=O) groups is 1. The van der Waals surface area contributed by atoms with Crippen molar-refractivity contribution in [2.75, 3.05) is 6.61 Å². The highest BCUT2D eigenvalue weighted by Gasteiger charge is 2.05. The molecule has 0 radical (unpaired) electrons. The highest BCUT2D eigenvalue weighted by atomic mass is 16.5. The van der Waals surface area contributed by atoms with E-state index < -0.39 is 0 Å². The molecule has 2 aromatic carbocycles. The van der Waals surface area contributed by atoms with E-state index in [0.717, 1.165) is 6.42 Å². The molecule has 0 unspecified atom stereocenters. The van der Waals surface area contributed by atoms with Crippen molar-refractivity contribution in [3.63, 3.8) is 0 Å². The Morgan fingerprint density at radius 2 is 1.45 bits per heavy atom. The molecular formula is C18H22O2. The van der Waals surface area contributed by atoms with Gasteiger partial charge in [-0.15, -0.1) is 0 Å². The van der Waals surface area contributed by atoms with Gasteiger partial charge in [-0.2, -0.15) is 0 Å². The highest BCUT2D eigenvalue weighted by Crippen LogP contribution is 2.11. The van der Waals surface area contributed by atoms with Crippen molar-refractivity contribution in [1.82, 2.24) is 0 Å². The number of ether oxygens (including phenoxy) is 1. The van der Waals surface area contributed by atoms with Crippen LogP contribution in [0.25, 0.3) is 0 Å². The van der Waals surface area contributed by atoms with Crippen LogP contribution in [0.3, 0.4) is 0 Å². The molecule has 20 heavy (non-hydrogen) atoms. The summed E-state index contributed by atoms with van der Waals surface area (Å²) >= 11 is 0. The van der Waals surface area contributed by atoms with Gasteiger partial charge in [-0.25, -0.2) is 4.79 Å². The van der Waals surface area contributed by atoms with Crippen molar-refractivity contribution in [2.45, 2.75) is 27.2 Å². The SMILES string of the molecule is CC.CCOC(=O)c1ccc(Cc2ccccc2)cc1. The first kappa shape index (κ1) is 16.0. The van der Waals surface area contributed by atoms with E-state index in [-0.39, 0.29) is 5.97 Å². The van der Waals surface area contributed by atoms with Gasteiger partial charge in [0.1, 0.15) is 0 Å². The molecule has 0 fully saturated rings. The Hall–Kier alpha value is -2.09. The number of carbonyl (C=O) groups excluding carboxylic acids is 1. The fourth-order valence-corrected chi connectivity index (χ4v) is 1.80. The Kier molecular flexibility index (Phi) is 7.12. The molecule has 0 amide bonds. The van der Waals surface area contributed by atoms with E-state index in [0.29, 0.717) is 12.2 Å². The zero-order valence-electron chi connectivity index (χ0n) is 12.4. The Balaban J connectivity index is 0.000000956. The molecule has 0 N–H and O–H groups in total. The van der Waals surface area contributed by atoms with E-state index in [1.165, 1.54) is 11.1 Å². The summed E-state index contributed by atoms with van der Waals surface area (Å²) in [6.45, 7) is 6.21. The smallest absolute Gasteiger partial charge is 0.338 e. The zero-order valence-corrected chi connectivity index (χ0v) is 12.4. The molecular weight excluding hydrogens is 248 g/mol. The molecule has 0 aliphatic heterocycles. The highest BCUT2D eigenvalue weighted by molar-refractivity contribution is 5.89. The molecule has 0 atom stereocenters. The van der Waals surface area contributed by atoms with Crippen LogP contribution in [0.1, 0.15) is 42.3 Å². The summed E-state index contributed by atoms with van der Waals surface area (Å²) in [5.74, 6) is -0.260. The van der Waals surface area contributed by atoms with E-state index >= 15 is 0 Å². The molecule has 0 spiro atoms. The van der Waals surface area contributed by atoms with Gasteiger partial charge in [0.05, 0.1) is 12.2 Å². The summed E-state index contributed by atoms with van der Waals surface area (Å²) in [5.41, 5.74) is 3.06. The molecule has 0 aliphatic rings. The molecule has 106 valence electrons. The van der Waals surface area contributed by atoms with Crippen LogP contribution < -0.4 is 0 Å². The van der Waals surface area contributed by atoms with E-state index in [2.05, 4.69) is 12.1 Å². The van der Waals surface area contributed by atoms with E-state index in [9.17, 15) is 4.79 Å². The summed E-state index contributed by atoms with van der Waals surface area (Å²) in [4.78, 5) is 11.5. The van der Waals surface area contributed by atoms with Gasteiger partial charge >= 0.3 is 5.97 Å². The standard InChI is InChI=1S/C16H16O2.C2H6/c1-2-18-16(17)15-10-8-14(9-11-15)12-13-6-4-3-5-7-13;1-2/h3-11H,2,12H2,1H3;1-2H3. The normalized spacial score (nSPS) is 9.35. The lowest BCUT2D eigenvalue weighted by atomic mass is 10.0. The quantitative estimate of drug-likeness (QED) is 0.766. The molecule has 0 heterocycles. The second-order valence-corrected chi connectivity index (χ2v) is 4.08. The number of hydrogen-bond donors (Lipinski definition) is 0. The van der Waals surface area contributed by atoms with Crippen molar-refractivity contribution in [2.24, 2.45) is 0 Å². The van der Waals surface area contributed by atoms with Crippen LogP contribution in [0.2, 0.25) is 0 Å². The third-order valence-corrected chi connectivity index (χ3v) is 2.72. The number of esters is 1. The van der Waals surface area contributed by atoms with Crippen LogP contribution in [0.4, 0.5) is 0 Å². The lowest BCUT2D eigenvalue weighted by molar-refractivity contribution is 0.0526. The Labute approximate surface area is 121 Å². The lowest BCUT2D eigenvalue weighted by Crippen LogP contribution is -2.04. The third kappa shape index (κ3) is 4.88. The van der Waals surface area contributed by atoms with E-state index in [1.54, 1.807) is 0 Å². The molecule has 2 rings (SSSR count). The van der Waals surface area contributed by atoms with Crippen LogP contribution >= 0.6 is 0 Å². The first-order valence-electron chi connectivity index (χ1n) is 7.09. The van der Waals surface area contributed by atoms with Gasteiger partial charge in [0, 0.05) is 0 Å². The second kappa shape index (κ2) is 8.92. The minimum atomic E-state index is -0.260. The van der Waals surface area contributed by atoms with Crippen molar-refractivity contribution in [1.29, 1.82) is 0 Å². The molecule has 0 aliphatic carbocycles. The minimum absolute atomic E-state index is 0.260. The third-order valence-electron chi connectivity index (χ3n) is 2.72. The first-order valence-corrected chi connectivity index (χ1v) is 7.09. The predicted octanol–water partition coefficient (Wildman–Crippen LogP) is 4.48.